The molecule has 4 aromatic carbocycles. The maximum Gasteiger partial charge on any atom is 0.0136 e. The van der Waals surface area contributed by atoms with Crippen LogP contribution in [0.15, 0.2) is 66.7 Å². The average Bonchev–Trinajstić information content (AvgIpc) is 2.43. The van der Waals surface area contributed by atoms with Gasteiger partial charge in [0.05, 0.1) is 0 Å². The first-order valence-electron chi connectivity index (χ1n) is 6.31. The molecule has 0 aliphatic carbocycles. The highest BCUT2D eigenvalue weighted by Gasteiger charge is 2.01. The highest BCUT2D eigenvalue weighted by molar-refractivity contribution is 14.1. The molecule has 19 heavy (non-hydrogen) atoms. The zero-order chi connectivity index (χ0) is 12.8. The molecule has 0 amide bonds. The Kier molecular flexibility index (Phi) is 2.49. The monoisotopic (exact) mass is 354 g/mol. The van der Waals surface area contributed by atoms with Crippen LogP contribution in [-0.2, 0) is 0 Å². The fraction of sp³-hybridized carbons (Fsp3) is 0. The fourth-order valence-electron chi connectivity index (χ4n) is 2.66. The topological polar surface area (TPSA) is 0 Å². The Hall–Kier alpha value is -1.61. The van der Waals surface area contributed by atoms with Crippen LogP contribution >= 0.6 is 22.6 Å². The molecule has 0 aliphatic rings. The normalized spacial score (nSPS) is 11.4. The zero-order valence-electron chi connectivity index (χ0n) is 10.2. The van der Waals surface area contributed by atoms with Crippen LogP contribution in [0, 0.1) is 3.57 Å². The predicted octanol–water partition coefficient (Wildman–Crippen LogP) is 5.75. The molecule has 0 heterocycles. The van der Waals surface area contributed by atoms with Crippen LogP contribution in [0.2, 0.25) is 0 Å². The van der Waals surface area contributed by atoms with Crippen molar-refractivity contribution in [2.24, 2.45) is 0 Å². The minimum absolute atomic E-state index is 1.28. The Labute approximate surface area is 125 Å². The number of halogens is 1. The standard InChI is InChI=1S/C18H11I/c19-18-6-5-14-9-15-7-12-3-1-2-4-13(12)8-16(15)10-17(14)11-18/h1-11H. The van der Waals surface area contributed by atoms with Gasteiger partial charge in [0.2, 0.25) is 0 Å². The van der Waals surface area contributed by atoms with Crippen molar-refractivity contribution in [1.82, 2.24) is 0 Å². The fourth-order valence-corrected chi connectivity index (χ4v) is 3.18. The molecule has 0 aromatic heterocycles. The number of benzene rings is 4. The van der Waals surface area contributed by atoms with E-state index in [9.17, 15) is 0 Å². The van der Waals surface area contributed by atoms with Crippen molar-refractivity contribution in [3.63, 3.8) is 0 Å². The van der Waals surface area contributed by atoms with Gasteiger partial charge in [0.15, 0.2) is 0 Å². The zero-order valence-corrected chi connectivity index (χ0v) is 12.4. The molecule has 0 saturated carbocycles. The molecule has 0 atom stereocenters. The number of hydrogen-bond acceptors (Lipinski definition) is 0. The van der Waals surface area contributed by atoms with Crippen molar-refractivity contribution >= 4 is 54.9 Å². The summed E-state index contributed by atoms with van der Waals surface area (Å²) in [6, 6.07) is 24.3. The first-order valence-corrected chi connectivity index (χ1v) is 7.39. The van der Waals surface area contributed by atoms with Gasteiger partial charge >= 0.3 is 0 Å². The third-order valence-electron chi connectivity index (χ3n) is 3.62. The Morgan fingerprint density at radius 3 is 1.58 bits per heavy atom. The van der Waals surface area contributed by atoms with Crippen LogP contribution in [0.5, 0.6) is 0 Å². The molecule has 0 saturated heterocycles. The van der Waals surface area contributed by atoms with E-state index in [4.69, 9.17) is 0 Å². The number of fused-ring (bicyclic) bond motifs is 3. The van der Waals surface area contributed by atoms with Gasteiger partial charge in [-0.3, -0.25) is 0 Å². The van der Waals surface area contributed by atoms with E-state index < -0.39 is 0 Å². The summed E-state index contributed by atoms with van der Waals surface area (Å²) in [6.07, 6.45) is 0. The second kappa shape index (κ2) is 4.20. The van der Waals surface area contributed by atoms with Crippen LogP contribution < -0.4 is 0 Å². The van der Waals surface area contributed by atoms with Crippen LogP contribution in [0.4, 0.5) is 0 Å². The van der Waals surface area contributed by atoms with Crippen LogP contribution in [0.1, 0.15) is 0 Å². The average molecular weight is 354 g/mol. The molecule has 0 unspecified atom stereocenters. The molecule has 0 aliphatic heterocycles. The second-order valence-corrected chi connectivity index (χ2v) is 6.14. The molecule has 0 radical (unpaired) electrons. The lowest BCUT2D eigenvalue weighted by molar-refractivity contribution is 1.72. The Morgan fingerprint density at radius 1 is 0.474 bits per heavy atom. The number of hydrogen-bond donors (Lipinski definition) is 0. The van der Waals surface area contributed by atoms with Gasteiger partial charge in [0, 0.05) is 3.57 Å². The quantitative estimate of drug-likeness (QED) is 0.279. The lowest BCUT2D eigenvalue weighted by Crippen LogP contribution is -1.79. The van der Waals surface area contributed by atoms with Crippen LogP contribution in [0.3, 0.4) is 0 Å². The van der Waals surface area contributed by atoms with E-state index >= 15 is 0 Å². The third-order valence-corrected chi connectivity index (χ3v) is 4.29. The molecular formula is C18H11I. The molecule has 4 aromatic rings. The summed E-state index contributed by atoms with van der Waals surface area (Å²) in [5, 5.41) is 7.86. The maximum atomic E-state index is 2.37. The summed E-state index contributed by atoms with van der Waals surface area (Å²) in [5.41, 5.74) is 0. The summed E-state index contributed by atoms with van der Waals surface area (Å²) >= 11 is 2.37. The van der Waals surface area contributed by atoms with E-state index in [-0.39, 0.29) is 0 Å². The first-order chi connectivity index (χ1) is 9.29. The predicted molar refractivity (Wildman–Crippen MR) is 91.7 cm³/mol. The lowest BCUT2D eigenvalue weighted by Gasteiger charge is -2.05. The first kappa shape index (κ1) is 11.2. The molecule has 0 spiro atoms. The van der Waals surface area contributed by atoms with Crippen LogP contribution in [-0.4, -0.2) is 0 Å². The molecule has 4 rings (SSSR count). The molecular weight excluding hydrogens is 343 g/mol. The van der Waals surface area contributed by atoms with Gasteiger partial charge in [-0.15, -0.1) is 0 Å². The smallest absolute Gasteiger partial charge is 0.0136 e. The molecule has 1 heteroatoms. The minimum atomic E-state index is 1.28. The van der Waals surface area contributed by atoms with Crippen molar-refractivity contribution in [3.05, 3.63) is 70.3 Å². The van der Waals surface area contributed by atoms with Gasteiger partial charge in [-0.25, -0.2) is 0 Å². The van der Waals surface area contributed by atoms with Gasteiger partial charge < -0.3 is 0 Å². The van der Waals surface area contributed by atoms with Crippen molar-refractivity contribution in [2.75, 3.05) is 0 Å². The van der Waals surface area contributed by atoms with E-state index in [0.29, 0.717) is 0 Å². The van der Waals surface area contributed by atoms with Crippen molar-refractivity contribution in [2.45, 2.75) is 0 Å². The lowest BCUT2D eigenvalue weighted by atomic mass is 10.00. The van der Waals surface area contributed by atoms with E-state index in [1.165, 1.54) is 35.9 Å². The maximum absolute atomic E-state index is 2.37. The molecule has 0 nitrogen and oxygen atoms in total. The van der Waals surface area contributed by atoms with Gasteiger partial charge in [-0.2, -0.15) is 0 Å². The molecule has 90 valence electrons. The van der Waals surface area contributed by atoms with Crippen molar-refractivity contribution in [1.29, 1.82) is 0 Å². The third kappa shape index (κ3) is 1.89. The van der Waals surface area contributed by atoms with E-state index in [0.717, 1.165) is 0 Å². The Balaban J connectivity index is 2.16. The number of rotatable bonds is 0. The Morgan fingerprint density at radius 2 is 0.947 bits per heavy atom. The highest BCUT2D eigenvalue weighted by atomic mass is 127. The Bertz CT molecular complexity index is 922. The van der Waals surface area contributed by atoms with Gasteiger partial charge in [0.1, 0.15) is 0 Å². The van der Waals surface area contributed by atoms with E-state index in [2.05, 4.69) is 89.3 Å². The summed E-state index contributed by atoms with van der Waals surface area (Å²) < 4.78 is 1.28. The summed E-state index contributed by atoms with van der Waals surface area (Å²) in [6.45, 7) is 0. The summed E-state index contributed by atoms with van der Waals surface area (Å²) in [5.74, 6) is 0. The van der Waals surface area contributed by atoms with E-state index in [1.54, 1.807) is 0 Å². The second-order valence-electron chi connectivity index (χ2n) is 4.89. The van der Waals surface area contributed by atoms with Gasteiger partial charge in [-0.1, -0.05) is 30.3 Å². The summed E-state index contributed by atoms with van der Waals surface area (Å²) in [4.78, 5) is 0. The molecule has 0 bridgehead atoms. The molecule has 0 N–H and O–H groups in total. The van der Waals surface area contributed by atoms with Crippen molar-refractivity contribution in [3.8, 4) is 0 Å². The van der Waals surface area contributed by atoms with Gasteiger partial charge in [-0.05, 0) is 91.3 Å². The SMILES string of the molecule is Ic1ccc2cc3cc4ccccc4cc3cc2c1. The van der Waals surface area contributed by atoms with Crippen molar-refractivity contribution < 1.29 is 0 Å². The van der Waals surface area contributed by atoms with E-state index in [1.807, 2.05) is 0 Å². The summed E-state index contributed by atoms with van der Waals surface area (Å²) in [7, 11) is 0. The van der Waals surface area contributed by atoms with Crippen LogP contribution in [0.25, 0.3) is 32.3 Å². The largest absolute Gasteiger partial charge is 0.0616 e. The highest BCUT2D eigenvalue weighted by Crippen LogP contribution is 2.28. The minimum Gasteiger partial charge on any atom is -0.0616 e. The molecule has 0 fully saturated rings. The van der Waals surface area contributed by atoms with Gasteiger partial charge in [0.25, 0.3) is 0 Å².